The number of hydrogen-bond donors (Lipinski definition) is 2. The summed E-state index contributed by atoms with van der Waals surface area (Å²) < 4.78 is 10.5. The molecule has 2 heterocycles. The third kappa shape index (κ3) is 4.94. The number of aromatic nitrogens is 3. The van der Waals surface area contributed by atoms with Gasteiger partial charge in [0.1, 0.15) is 0 Å². The number of hydrogen-bond acceptors (Lipinski definition) is 7. The van der Waals surface area contributed by atoms with Gasteiger partial charge >= 0.3 is 0 Å². The largest absolute Gasteiger partial charge is 0.493 e. The van der Waals surface area contributed by atoms with Gasteiger partial charge in [-0.05, 0) is 29.3 Å². The number of carbonyl (C=O) groups excluding carboxylic acids is 1. The van der Waals surface area contributed by atoms with Crippen LogP contribution in [0.4, 0.5) is 5.95 Å². The number of nitrogens with one attached hydrogen (secondary N) is 2. The standard InChI is InChI=1S/C20H21N5O3/c1-27-17-6-5-14(8-18(17)28-2)10-22-19(26)16-12-24-20(25-13-16)23-11-15-4-3-7-21-9-15/h3-9,12-13H,10-11H2,1-2H3,(H,22,26)(H,23,24,25). The zero-order valence-electron chi connectivity index (χ0n) is 15.7. The second-order valence-corrected chi connectivity index (χ2v) is 5.88. The van der Waals surface area contributed by atoms with Crippen molar-refractivity contribution in [2.75, 3.05) is 19.5 Å². The van der Waals surface area contributed by atoms with Crippen LogP contribution in [0, 0.1) is 0 Å². The lowest BCUT2D eigenvalue weighted by Gasteiger charge is -2.10. The third-order valence-electron chi connectivity index (χ3n) is 3.99. The Bertz CT molecular complexity index is 917. The maximum absolute atomic E-state index is 12.3. The molecular formula is C20H21N5O3. The Morgan fingerprint density at radius 3 is 2.43 bits per heavy atom. The van der Waals surface area contributed by atoms with Gasteiger partial charge in [0, 0.05) is 37.9 Å². The molecule has 144 valence electrons. The molecule has 0 saturated carbocycles. The van der Waals surface area contributed by atoms with Gasteiger partial charge in [-0.3, -0.25) is 9.78 Å². The number of pyridine rings is 1. The van der Waals surface area contributed by atoms with E-state index in [4.69, 9.17) is 9.47 Å². The molecule has 28 heavy (non-hydrogen) atoms. The number of benzene rings is 1. The van der Waals surface area contributed by atoms with Crippen molar-refractivity contribution in [1.82, 2.24) is 20.3 Å². The van der Waals surface area contributed by atoms with Crippen molar-refractivity contribution in [3.8, 4) is 11.5 Å². The number of rotatable bonds is 8. The predicted octanol–water partition coefficient (Wildman–Crippen LogP) is 2.43. The maximum atomic E-state index is 12.3. The lowest BCUT2D eigenvalue weighted by Crippen LogP contribution is -2.23. The first-order valence-electron chi connectivity index (χ1n) is 8.63. The molecule has 3 aromatic rings. The molecule has 3 rings (SSSR count). The highest BCUT2D eigenvalue weighted by Gasteiger charge is 2.09. The summed E-state index contributed by atoms with van der Waals surface area (Å²) in [5, 5.41) is 5.93. The van der Waals surface area contributed by atoms with E-state index >= 15 is 0 Å². The minimum Gasteiger partial charge on any atom is -0.493 e. The first kappa shape index (κ1) is 19.1. The Balaban J connectivity index is 1.54. The maximum Gasteiger partial charge on any atom is 0.254 e. The van der Waals surface area contributed by atoms with Crippen LogP contribution in [0.3, 0.4) is 0 Å². The zero-order valence-corrected chi connectivity index (χ0v) is 15.7. The molecular weight excluding hydrogens is 358 g/mol. The van der Waals surface area contributed by atoms with E-state index in [2.05, 4.69) is 25.6 Å². The van der Waals surface area contributed by atoms with Gasteiger partial charge in [0.15, 0.2) is 11.5 Å². The van der Waals surface area contributed by atoms with Crippen LogP contribution in [0.25, 0.3) is 0 Å². The van der Waals surface area contributed by atoms with E-state index < -0.39 is 0 Å². The summed E-state index contributed by atoms with van der Waals surface area (Å²) in [5.41, 5.74) is 2.29. The van der Waals surface area contributed by atoms with Gasteiger partial charge in [-0.25, -0.2) is 9.97 Å². The second-order valence-electron chi connectivity index (χ2n) is 5.88. The fraction of sp³-hybridized carbons (Fsp3) is 0.200. The average molecular weight is 379 g/mol. The van der Waals surface area contributed by atoms with Crippen molar-refractivity contribution in [2.45, 2.75) is 13.1 Å². The quantitative estimate of drug-likeness (QED) is 0.620. The summed E-state index contributed by atoms with van der Waals surface area (Å²) in [4.78, 5) is 24.7. The Morgan fingerprint density at radius 1 is 0.964 bits per heavy atom. The predicted molar refractivity (Wildman–Crippen MR) is 104 cm³/mol. The molecule has 0 fully saturated rings. The highest BCUT2D eigenvalue weighted by atomic mass is 16.5. The number of amides is 1. The first-order valence-corrected chi connectivity index (χ1v) is 8.63. The van der Waals surface area contributed by atoms with Crippen molar-refractivity contribution in [1.29, 1.82) is 0 Å². The summed E-state index contributed by atoms with van der Waals surface area (Å²) in [5.74, 6) is 1.44. The number of anilines is 1. The number of carbonyl (C=O) groups is 1. The molecule has 8 heteroatoms. The lowest BCUT2D eigenvalue weighted by atomic mass is 10.2. The van der Waals surface area contributed by atoms with Crippen LogP contribution in [0.2, 0.25) is 0 Å². The van der Waals surface area contributed by atoms with Crippen molar-refractivity contribution < 1.29 is 14.3 Å². The molecule has 1 amide bonds. The minimum absolute atomic E-state index is 0.256. The van der Waals surface area contributed by atoms with Gasteiger partial charge in [0.2, 0.25) is 5.95 Å². The summed E-state index contributed by atoms with van der Waals surface area (Å²) in [6, 6.07) is 9.30. The van der Waals surface area contributed by atoms with Crippen LogP contribution in [-0.4, -0.2) is 35.1 Å². The molecule has 2 N–H and O–H groups in total. The van der Waals surface area contributed by atoms with Crippen LogP contribution < -0.4 is 20.1 Å². The average Bonchev–Trinajstić information content (AvgIpc) is 2.76. The zero-order chi connectivity index (χ0) is 19.8. The Morgan fingerprint density at radius 2 is 1.75 bits per heavy atom. The van der Waals surface area contributed by atoms with E-state index in [0.29, 0.717) is 36.1 Å². The number of methoxy groups -OCH3 is 2. The summed E-state index contributed by atoms with van der Waals surface area (Å²) in [6.45, 7) is 0.902. The number of nitrogens with zero attached hydrogens (tertiary/aromatic N) is 3. The first-order chi connectivity index (χ1) is 13.7. The molecule has 0 aliphatic carbocycles. The van der Waals surface area contributed by atoms with Crippen LogP contribution in [0.15, 0.2) is 55.1 Å². The summed E-state index contributed by atoms with van der Waals surface area (Å²) in [6.07, 6.45) is 6.46. The Hall–Kier alpha value is -3.68. The molecule has 1 aromatic carbocycles. The van der Waals surface area contributed by atoms with E-state index in [1.165, 1.54) is 12.4 Å². The molecule has 0 saturated heterocycles. The smallest absolute Gasteiger partial charge is 0.254 e. The Labute approximate surface area is 163 Å². The van der Waals surface area contributed by atoms with E-state index in [0.717, 1.165) is 11.1 Å². The lowest BCUT2D eigenvalue weighted by molar-refractivity contribution is 0.0950. The summed E-state index contributed by atoms with van der Waals surface area (Å²) >= 11 is 0. The monoisotopic (exact) mass is 379 g/mol. The van der Waals surface area contributed by atoms with Gasteiger partial charge in [-0.15, -0.1) is 0 Å². The molecule has 0 aliphatic heterocycles. The molecule has 2 aromatic heterocycles. The highest BCUT2D eigenvalue weighted by Crippen LogP contribution is 2.27. The van der Waals surface area contributed by atoms with Gasteiger partial charge < -0.3 is 20.1 Å². The molecule has 0 radical (unpaired) electrons. The van der Waals surface area contributed by atoms with Gasteiger partial charge in [0.05, 0.1) is 19.8 Å². The molecule has 0 unspecified atom stereocenters. The van der Waals surface area contributed by atoms with E-state index in [1.54, 1.807) is 32.7 Å². The van der Waals surface area contributed by atoms with E-state index in [1.807, 2.05) is 24.3 Å². The fourth-order valence-corrected chi connectivity index (χ4v) is 2.50. The van der Waals surface area contributed by atoms with E-state index in [9.17, 15) is 4.79 Å². The molecule has 0 aliphatic rings. The van der Waals surface area contributed by atoms with Gasteiger partial charge in [0.25, 0.3) is 5.91 Å². The van der Waals surface area contributed by atoms with Crippen LogP contribution in [0.5, 0.6) is 11.5 Å². The van der Waals surface area contributed by atoms with Gasteiger partial charge in [-0.2, -0.15) is 0 Å². The van der Waals surface area contributed by atoms with Crippen molar-refractivity contribution in [2.24, 2.45) is 0 Å². The second kappa shape index (κ2) is 9.31. The van der Waals surface area contributed by atoms with E-state index in [-0.39, 0.29) is 5.91 Å². The topological polar surface area (TPSA) is 98.3 Å². The third-order valence-corrected chi connectivity index (χ3v) is 3.99. The molecule has 0 spiro atoms. The van der Waals surface area contributed by atoms with Crippen LogP contribution in [-0.2, 0) is 13.1 Å². The molecule has 8 nitrogen and oxygen atoms in total. The van der Waals surface area contributed by atoms with Crippen molar-refractivity contribution >= 4 is 11.9 Å². The normalized spacial score (nSPS) is 10.2. The van der Waals surface area contributed by atoms with Gasteiger partial charge in [-0.1, -0.05) is 12.1 Å². The minimum atomic E-state index is -0.256. The Kier molecular flexibility index (Phi) is 6.35. The fourth-order valence-electron chi connectivity index (χ4n) is 2.50. The number of ether oxygens (including phenoxy) is 2. The van der Waals surface area contributed by atoms with Crippen LogP contribution >= 0.6 is 0 Å². The van der Waals surface area contributed by atoms with Crippen LogP contribution in [0.1, 0.15) is 21.5 Å². The highest BCUT2D eigenvalue weighted by molar-refractivity contribution is 5.93. The van der Waals surface area contributed by atoms with Crippen molar-refractivity contribution in [3.63, 3.8) is 0 Å². The molecule has 0 atom stereocenters. The summed E-state index contributed by atoms with van der Waals surface area (Å²) in [7, 11) is 3.15. The SMILES string of the molecule is COc1ccc(CNC(=O)c2cnc(NCc3cccnc3)nc2)cc1OC. The van der Waals surface area contributed by atoms with Crippen molar-refractivity contribution in [3.05, 3.63) is 71.8 Å². The molecule has 0 bridgehead atoms.